The fourth-order valence-electron chi connectivity index (χ4n) is 1.95. The lowest BCUT2D eigenvalue weighted by Gasteiger charge is -2.02. The number of carbonyl (C=O) groups is 1. The molecule has 0 amide bonds. The van der Waals surface area contributed by atoms with Gasteiger partial charge in [0.2, 0.25) is 5.78 Å². The number of ketones is 1. The van der Waals surface area contributed by atoms with E-state index in [9.17, 15) is 4.79 Å². The highest BCUT2D eigenvalue weighted by Gasteiger charge is 2.19. The quantitative estimate of drug-likeness (QED) is 0.572. The normalized spacial score (nSPS) is 10.9. The molecule has 0 saturated carbocycles. The molecule has 0 fully saturated rings. The molecule has 0 unspecified atom stereocenters. The molecule has 3 rings (SSSR count). The van der Waals surface area contributed by atoms with Gasteiger partial charge in [-0.15, -0.1) is 0 Å². The SMILES string of the molecule is O=C(c1cc2c(Cl)cccc2o1)c1cccc(Cl)c1Cl. The first kappa shape index (κ1) is 13.5. The number of rotatable bonds is 2. The summed E-state index contributed by atoms with van der Waals surface area (Å²) in [6.07, 6.45) is 0. The van der Waals surface area contributed by atoms with Crippen LogP contribution in [0.25, 0.3) is 11.0 Å². The summed E-state index contributed by atoms with van der Waals surface area (Å²) in [5.41, 5.74) is 0.855. The number of fused-ring (bicyclic) bond motifs is 1. The molecule has 20 heavy (non-hydrogen) atoms. The van der Waals surface area contributed by atoms with Crippen molar-refractivity contribution >= 4 is 51.6 Å². The van der Waals surface area contributed by atoms with Gasteiger partial charge in [0.1, 0.15) is 5.58 Å². The summed E-state index contributed by atoms with van der Waals surface area (Å²) in [6, 6.07) is 11.7. The van der Waals surface area contributed by atoms with E-state index in [1.165, 1.54) is 0 Å². The molecule has 100 valence electrons. The molecule has 0 bridgehead atoms. The number of hydrogen-bond donors (Lipinski definition) is 0. The van der Waals surface area contributed by atoms with Gasteiger partial charge in [0, 0.05) is 10.9 Å². The van der Waals surface area contributed by atoms with E-state index in [1.807, 2.05) is 0 Å². The van der Waals surface area contributed by atoms with E-state index in [-0.39, 0.29) is 16.6 Å². The Morgan fingerprint density at radius 2 is 1.65 bits per heavy atom. The van der Waals surface area contributed by atoms with Crippen molar-refractivity contribution in [1.29, 1.82) is 0 Å². The second-order valence-corrected chi connectivity index (χ2v) is 5.39. The second-order valence-electron chi connectivity index (χ2n) is 4.19. The maximum absolute atomic E-state index is 12.4. The van der Waals surface area contributed by atoms with E-state index in [0.29, 0.717) is 26.6 Å². The average Bonchev–Trinajstić information content (AvgIpc) is 2.87. The van der Waals surface area contributed by atoms with Crippen LogP contribution in [0.4, 0.5) is 0 Å². The number of halogens is 3. The maximum Gasteiger partial charge on any atom is 0.229 e. The van der Waals surface area contributed by atoms with Crippen LogP contribution in [0.3, 0.4) is 0 Å². The maximum atomic E-state index is 12.4. The van der Waals surface area contributed by atoms with Crippen molar-refractivity contribution < 1.29 is 9.21 Å². The monoisotopic (exact) mass is 324 g/mol. The lowest BCUT2D eigenvalue weighted by Crippen LogP contribution is -2.00. The number of furan rings is 1. The standard InChI is InChI=1S/C15H7Cl3O2/c16-10-4-2-6-12-9(10)7-13(20-12)15(19)8-3-1-5-11(17)14(8)18/h1-7H. The molecule has 2 nitrogen and oxygen atoms in total. The third-order valence-electron chi connectivity index (χ3n) is 2.93. The van der Waals surface area contributed by atoms with Crippen LogP contribution in [-0.4, -0.2) is 5.78 Å². The zero-order valence-corrected chi connectivity index (χ0v) is 12.3. The molecular weight excluding hydrogens is 319 g/mol. The van der Waals surface area contributed by atoms with Crippen LogP contribution in [0.15, 0.2) is 46.9 Å². The van der Waals surface area contributed by atoms with Gasteiger partial charge in [-0.2, -0.15) is 0 Å². The lowest BCUT2D eigenvalue weighted by atomic mass is 10.1. The van der Waals surface area contributed by atoms with Crippen LogP contribution in [0.1, 0.15) is 16.1 Å². The van der Waals surface area contributed by atoms with E-state index in [4.69, 9.17) is 39.2 Å². The summed E-state index contributed by atoms with van der Waals surface area (Å²) < 4.78 is 5.52. The van der Waals surface area contributed by atoms with Gasteiger partial charge in [0.15, 0.2) is 5.76 Å². The minimum absolute atomic E-state index is 0.178. The molecule has 2 aromatic carbocycles. The molecule has 0 aliphatic carbocycles. The van der Waals surface area contributed by atoms with E-state index in [2.05, 4.69) is 0 Å². The lowest BCUT2D eigenvalue weighted by molar-refractivity contribution is 0.101. The van der Waals surface area contributed by atoms with Crippen LogP contribution < -0.4 is 0 Å². The summed E-state index contributed by atoms with van der Waals surface area (Å²) in [7, 11) is 0. The van der Waals surface area contributed by atoms with E-state index < -0.39 is 0 Å². The highest BCUT2D eigenvalue weighted by molar-refractivity contribution is 6.44. The van der Waals surface area contributed by atoms with Gasteiger partial charge in [-0.3, -0.25) is 4.79 Å². The zero-order chi connectivity index (χ0) is 14.3. The van der Waals surface area contributed by atoms with Crippen LogP contribution in [0, 0.1) is 0 Å². The molecule has 1 aromatic heterocycles. The van der Waals surface area contributed by atoms with Crippen LogP contribution >= 0.6 is 34.8 Å². The highest BCUT2D eigenvalue weighted by atomic mass is 35.5. The van der Waals surface area contributed by atoms with Gasteiger partial charge in [-0.1, -0.05) is 46.9 Å². The summed E-state index contributed by atoms with van der Waals surface area (Å²) in [5.74, 6) is -0.151. The van der Waals surface area contributed by atoms with Crippen LogP contribution in [0.5, 0.6) is 0 Å². The Kier molecular flexibility index (Phi) is 3.47. The van der Waals surface area contributed by atoms with Gasteiger partial charge in [-0.05, 0) is 30.3 Å². The first-order valence-corrected chi connectivity index (χ1v) is 6.88. The minimum atomic E-state index is -0.329. The van der Waals surface area contributed by atoms with Crippen molar-refractivity contribution in [3.8, 4) is 0 Å². The van der Waals surface area contributed by atoms with Crippen molar-refractivity contribution in [2.24, 2.45) is 0 Å². The predicted molar refractivity (Wildman–Crippen MR) is 81.1 cm³/mol. The first-order valence-electron chi connectivity index (χ1n) is 5.74. The molecule has 1 heterocycles. The van der Waals surface area contributed by atoms with Crippen LogP contribution in [0.2, 0.25) is 15.1 Å². The Bertz CT molecular complexity index is 821. The van der Waals surface area contributed by atoms with Gasteiger partial charge in [0.05, 0.1) is 15.1 Å². The van der Waals surface area contributed by atoms with Gasteiger partial charge >= 0.3 is 0 Å². The Morgan fingerprint density at radius 1 is 0.950 bits per heavy atom. The molecule has 5 heteroatoms. The van der Waals surface area contributed by atoms with Crippen molar-refractivity contribution in [1.82, 2.24) is 0 Å². The molecule has 0 saturated heterocycles. The molecule has 0 aliphatic rings. The molecule has 0 atom stereocenters. The van der Waals surface area contributed by atoms with Gasteiger partial charge in [-0.25, -0.2) is 0 Å². The fourth-order valence-corrected chi connectivity index (χ4v) is 2.56. The molecule has 0 spiro atoms. The minimum Gasteiger partial charge on any atom is -0.453 e. The molecule has 0 aliphatic heterocycles. The third kappa shape index (κ3) is 2.20. The van der Waals surface area contributed by atoms with Crippen molar-refractivity contribution in [3.63, 3.8) is 0 Å². The molecule has 0 radical (unpaired) electrons. The Balaban J connectivity index is 2.13. The summed E-state index contributed by atoms with van der Waals surface area (Å²) >= 11 is 18.0. The van der Waals surface area contributed by atoms with E-state index in [0.717, 1.165) is 0 Å². The summed E-state index contributed by atoms with van der Waals surface area (Å²) in [4.78, 5) is 12.4. The summed E-state index contributed by atoms with van der Waals surface area (Å²) in [6.45, 7) is 0. The third-order valence-corrected chi connectivity index (χ3v) is 4.08. The number of carbonyl (C=O) groups excluding carboxylic acids is 1. The van der Waals surface area contributed by atoms with Crippen molar-refractivity contribution in [2.45, 2.75) is 0 Å². The summed E-state index contributed by atoms with van der Waals surface area (Å²) in [5, 5.41) is 1.76. The smallest absolute Gasteiger partial charge is 0.229 e. The van der Waals surface area contributed by atoms with Gasteiger partial charge < -0.3 is 4.42 Å². The fraction of sp³-hybridized carbons (Fsp3) is 0. The van der Waals surface area contributed by atoms with E-state index >= 15 is 0 Å². The Hall–Kier alpha value is -1.48. The first-order chi connectivity index (χ1) is 9.58. The van der Waals surface area contributed by atoms with Gasteiger partial charge in [0.25, 0.3) is 0 Å². The van der Waals surface area contributed by atoms with Crippen LogP contribution in [-0.2, 0) is 0 Å². The van der Waals surface area contributed by atoms with Crippen molar-refractivity contribution in [3.05, 3.63) is 68.9 Å². The topological polar surface area (TPSA) is 30.2 Å². The molecular formula is C15H7Cl3O2. The van der Waals surface area contributed by atoms with Crippen molar-refractivity contribution in [2.75, 3.05) is 0 Å². The van der Waals surface area contributed by atoms with E-state index in [1.54, 1.807) is 42.5 Å². The Morgan fingerprint density at radius 3 is 2.40 bits per heavy atom. The number of benzene rings is 2. The number of hydrogen-bond acceptors (Lipinski definition) is 2. The highest BCUT2D eigenvalue weighted by Crippen LogP contribution is 2.31. The largest absolute Gasteiger partial charge is 0.453 e. The Labute approximate surface area is 129 Å². The second kappa shape index (κ2) is 5.13. The molecule has 0 N–H and O–H groups in total. The predicted octanol–water partition coefficient (Wildman–Crippen LogP) is 5.62. The zero-order valence-electron chi connectivity index (χ0n) is 9.99. The average molecular weight is 326 g/mol. The molecule has 3 aromatic rings.